The van der Waals surface area contributed by atoms with Crippen LogP contribution < -0.4 is 5.32 Å². The summed E-state index contributed by atoms with van der Waals surface area (Å²) >= 11 is 0. The molecule has 0 radical (unpaired) electrons. The lowest BCUT2D eigenvalue weighted by atomic mass is 10.1. The molecule has 0 spiro atoms. The Bertz CT molecular complexity index is 561. The number of aryl methyl sites for hydroxylation is 2. The second-order valence-corrected chi connectivity index (χ2v) is 8.09. The molecule has 0 bridgehead atoms. The Hall–Kier alpha value is -0.910. The Kier molecular flexibility index (Phi) is 5.41. The predicted octanol–water partition coefficient (Wildman–Crippen LogP) is 1.99. The number of hydrogen-bond donors (Lipinski definition) is 1. The summed E-state index contributed by atoms with van der Waals surface area (Å²) in [7, 11) is -3.23. The number of sulfone groups is 1. The number of nitrogens with one attached hydrogen (secondary N) is 1. The van der Waals surface area contributed by atoms with Crippen LogP contribution in [0.4, 0.5) is 0 Å². The van der Waals surface area contributed by atoms with E-state index in [0.29, 0.717) is 13.2 Å². The lowest BCUT2D eigenvalue weighted by Crippen LogP contribution is -2.50. The first-order valence-corrected chi connectivity index (χ1v) is 9.24. The van der Waals surface area contributed by atoms with Crippen LogP contribution in [0.1, 0.15) is 30.0 Å². The minimum Gasteiger partial charge on any atom is -0.380 e. The molecule has 5 heteroatoms. The summed E-state index contributed by atoms with van der Waals surface area (Å²) in [4.78, 5) is 0. The van der Waals surface area contributed by atoms with E-state index in [1.54, 1.807) is 0 Å². The highest BCUT2D eigenvalue weighted by atomic mass is 32.2. The van der Waals surface area contributed by atoms with Gasteiger partial charge < -0.3 is 10.1 Å². The van der Waals surface area contributed by atoms with Gasteiger partial charge in [-0.05, 0) is 32.4 Å². The van der Waals surface area contributed by atoms with Crippen molar-refractivity contribution in [2.45, 2.75) is 44.2 Å². The van der Waals surface area contributed by atoms with Crippen LogP contribution in [0, 0.1) is 13.8 Å². The molecule has 1 heterocycles. The maximum absolute atomic E-state index is 12.7. The second-order valence-electron chi connectivity index (χ2n) is 5.87. The molecule has 1 aliphatic rings. The van der Waals surface area contributed by atoms with Crippen molar-refractivity contribution in [1.82, 2.24) is 5.32 Å². The topological polar surface area (TPSA) is 55.4 Å². The third-order valence-electron chi connectivity index (χ3n) is 3.88. The minimum atomic E-state index is -3.23. The highest BCUT2D eigenvalue weighted by Gasteiger charge is 2.35. The van der Waals surface area contributed by atoms with E-state index in [4.69, 9.17) is 4.74 Å². The highest BCUT2D eigenvalue weighted by Crippen LogP contribution is 2.21. The van der Waals surface area contributed by atoms with Gasteiger partial charge in [0.1, 0.15) is 5.25 Å². The average Bonchev–Trinajstić information content (AvgIpc) is 2.37. The van der Waals surface area contributed by atoms with Crippen LogP contribution in [0.25, 0.3) is 0 Å². The molecule has 2 atom stereocenters. The van der Waals surface area contributed by atoms with Crippen LogP contribution in [0.2, 0.25) is 0 Å². The van der Waals surface area contributed by atoms with Crippen molar-refractivity contribution in [2.75, 3.05) is 19.8 Å². The van der Waals surface area contributed by atoms with E-state index >= 15 is 0 Å². The normalized spacial score (nSPS) is 23.2. The van der Waals surface area contributed by atoms with E-state index < -0.39 is 15.1 Å². The van der Waals surface area contributed by atoms with E-state index in [0.717, 1.165) is 29.7 Å². The van der Waals surface area contributed by atoms with Gasteiger partial charge in [0.15, 0.2) is 9.84 Å². The standard InChI is InChI=1S/C16H25NO3S/c1-4-17-15-5-6-20-10-16(15)21(18,19)11-14-8-12(2)7-13(3)9-14/h7-9,15-17H,4-6,10-11H2,1-3H3. The van der Waals surface area contributed by atoms with Gasteiger partial charge in [0.2, 0.25) is 0 Å². The molecule has 1 aliphatic heterocycles. The van der Waals surface area contributed by atoms with Crippen molar-refractivity contribution in [1.29, 1.82) is 0 Å². The van der Waals surface area contributed by atoms with Crippen LogP contribution in [0.5, 0.6) is 0 Å². The van der Waals surface area contributed by atoms with Crippen molar-refractivity contribution in [3.63, 3.8) is 0 Å². The Balaban J connectivity index is 2.19. The quantitative estimate of drug-likeness (QED) is 0.903. The molecule has 0 amide bonds. The van der Waals surface area contributed by atoms with Gasteiger partial charge in [-0.15, -0.1) is 0 Å². The van der Waals surface area contributed by atoms with Gasteiger partial charge in [-0.2, -0.15) is 0 Å². The summed E-state index contributed by atoms with van der Waals surface area (Å²) in [5, 5.41) is 2.84. The summed E-state index contributed by atoms with van der Waals surface area (Å²) < 4.78 is 30.9. The van der Waals surface area contributed by atoms with Crippen molar-refractivity contribution in [3.8, 4) is 0 Å². The summed E-state index contributed by atoms with van der Waals surface area (Å²) in [6.45, 7) is 7.70. The predicted molar refractivity (Wildman–Crippen MR) is 85.2 cm³/mol. The maximum Gasteiger partial charge on any atom is 0.161 e. The van der Waals surface area contributed by atoms with E-state index in [1.165, 1.54) is 0 Å². The van der Waals surface area contributed by atoms with Crippen molar-refractivity contribution in [3.05, 3.63) is 34.9 Å². The summed E-state index contributed by atoms with van der Waals surface area (Å²) in [5.74, 6) is 0.0887. The first-order chi connectivity index (χ1) is 9.92. The van der Waals surface area contributed by atoms with Gasteiger partial charge >= 0.3 is 0 Å². The monoisotopic (exact) mass is 311 g/mol. The molecule has 2 unspecified atom stereocenters. The molecule has 1 N–H and O–H groups in total. The SMILES string of the molecule is CCNC1CCOCC1S(=O)(=O)Cc1cc(C)cc(C)c1. The molecule has 4 nitrogen and oxygen atoms in total. The molecule has 1 aromatic carbocycles. The van der Waals surface area contributed by atoms with Crippen LogP contribution in [-0.2, 0) is 20.3 Å². The van der Waals surface area contributed by atoms with E-state index in [-0.39, 0.29) is 11.8 Å². The van der Waals surface area contributed by atoms with Gasteiger partial charge in [-0.25, -0.2) is 8.42 Å². The third kappa shape index (κ3) is 4.28. The zero-order chi connectivity index (χ0) is 15.5. The number of benzene rings is 1. The third-order valence-corrected chi connectivity index (χ3v) is 6.00. The van der Waals surface area contributed by atoms with Crippen LogP contribution in [-0.4, -0.2) is 39.5 Å². The molecule has 21 heavy (non-hydrogen) atoms. The lowest BCUT2D eigenvalue weighted by Gasteiger charge is -2.31. The molecule has 118 valence electrons. The molecule has 0 saturated carbocycles. The molecule has 1 aromatic rings. The van der Waals surface area contributed by atoms with Crippen molar-refractivity contribution >= 4 is 9.84 Å². The van der Waals surface area contributed by atoms with Crippen LogP contribution in [0.15, 0.2) is 18.2 Å². The molecule has 0 aliphatic carbocycles. The minimum absolute atomic E-state index is 0.000318. The smallest absolute Gasteiger partial charge is 0.161 e. The average molecular weight is 311 g/mol. The zero-order valence-corrected chi connectivity index (χ0v) is 13.9. The largest absolute Gasteiger partial charge is 0.380 e. The Morgan fingerprint density at radius 2 is 1.90 bits per heavy atom. The second kappa shape index (κ2) is 6.90. The van der Waals surface area contributed by atoms with Crippen molar-refractivity contribution in [2.24, 2.45) is 0 Å². The first-order valence-electron chi connectivity index (χ1n) is 7.52. The number of rotatable bonds is 5. The summed E-state index contributed by atoms with van der Waals surface area (Å²) in [6.07, 6.45) is 0.755. The van der Waals surface area contributed by atoms with Crippen LogP contribution in [0.3, 0.4) is 0 Å². The van der Waals surface area contributed by atoms with E-state index in [2.05, 4.69) is 11.4 Å². The first kappa shape index (κ1) is 16.5. The Morgan fingerprint density at radius 3 is 2.52 bits per heavy atom. The highest BCUT2D eigenvalue weighted by molar-refractivity contribution is 7.91. The van der Waals surface area contributed by atoms with Gasteiger partial charge in [0.05, 0.1) is 12.4 Å². The summed E-state index contributed by atoms with van der Waals surface area (Å²) in [6, 6.07) is 5.97. The van der Waals surface area contributed by atoms with Gasteiger partial charge in [-0.3, -0.25) is 0 Å². The molecular weight excluding hydrogens is 286 g/mol. The van der Waals surface area contributed by atoms with Gasteiger partial charge in [-0.1, -0.05) is 36.2 Å². The van der Waals surface area contributed by atoms with E-state index in [1.807, 2.05) is 32.9 Å². The number of hydrogen-bond acceptors (Lipinski definition) is 4. The summed E-state index contributed by atoms with van der Waals surface area (Å²) in [5.41, 5.74) is 3.07. The molecule has 2 rings (SSSR count). The Labute approximate surface area is 127 Å². The molecule has 0 aromatic heterocycles. The zero-order valence-electron chi connectivity index (χ0n) is 13.1. The maximum atomic E-state index is 12.7. The molecule has 1 fully saturated rings. The molecule has 1 saturated heterocycles. The van der Waals surface area contributed by atoms with E-state index in [9.17, 15) is 8.42 Å². The fourth-order valence-electron chi connectivity index (χ4n) is 3.05. The lowest BCUT2D eigenvalue weighted by molar-refractivity contribution is 0.0811. The van der Waals surface area contributed by atoms with Crippen molar-refractivity contribution < 1.29 is 13.2 Å². The fourth-order valence-corrected chi connectivity index (χ4v) is 4.93. The molecular formula is C16H25NO3S. The fraction of sp³-hybridized carbons (Fsp3) is 0.625. The number of ether oxygens (including phenoxy) is 1. The Morgan fingerprint density at radius 1 is 1.24 bits per heavy atom. The van der Waals surface area contributed by atoms with Gasteiger partial charge in [0.25, 0.3) is 0 Å². The van der Waals surface area contributed by atoms with Crippen LogP contribution >= 0.6 is 0 Å². The van der Waals surface area contributed by atoms with Gasteiger partial charge in [0, 0.05) is 12.6 Å².